The predicted molar refractivity (Wildman–Crippen MR) is 63.7 cm³/mol. The maximum atomic E-state index is 11.0. The molecule has 0 N–H and O–H groups in total. The first-order valence-electron chi connectivity index (χ1n) is 5.61. The van der Waals surface area contributed by atoms with E-state index in [-0.39, 0.29) is 11.9 Å². The summed E-state index contributed by atoms with van der Waals surface area (Å²) in [4.78, 5) is 22.1. The second kappa shape index (κ2) is 9.93. The summed E-state index contributed by atoms with van der Waals surface area (Å²) in [6.07, 6.45) is 2.19. The van der Waals surface area contributed by atoms with Crippen LogP contribution in [-0.2, 0) is 19.1 Å². The molecule has 0 aliphatic heterocycles. The van der Waals surface area contributed by atoms with E-state index in [1.54, 1.807) is 0 Å². The summed E-state index contributed by atoms with van der Waals surface area (Å²) < 4.78 is 12.5. The van der Waals surface area contributed by atoms with E-state index in [1.165, 1.54) is 18.7 Å². The van der Waals surface area contributed by atoms with Gasteiger partial charge in [0.25, 0.3) is 0 Å². The molecular formula is C11H21O4Sn+. The van der Waals surface area contributed by atoms with E-state index in [1.807, 2.05) is 0 Å². The van der Waals surface area contributed by atoms with Gasteiger partial charge in [0, 0.05) is 0 Å². The van der Waals surface area contributed by atoms with E-state index in [4.69, 9.17) is 0 Å². The molecule has 0 aliphatic carbocycles. The van der Waals surface area contributed by atoms with Gasteiger partial charge in [-0.05, 0) is 0 Å². The molecule has 16 heavy (non-hydrogen) atoms. The van der Waals surface area contributed by atoms with Crippen molar-refractivity contribution in [1.82, 2.24) is 0 Å². The van der Waals surface area contributed by atoms with E-state index in [9.17, 15) is 9.59 Å². The molecule has 0 heterocycles. The van der Waals surface area contributed by atoms with Crippen LogP contribution < -0.4 is 0 Å². The number of carbonyl (C=O) groups excluding carboxylic acids is 2. The minimum absolute atomic E-state index is 0.132. The average molecular weight is 336 g/mol. The molecule has 0 aromatic heterocycles. The van der Waals surface area contributed by atoms with E-state index < -0.39 is 19.8 Å². The first-order valence-corrected chi connectivity index (χ1v) is 11.7. The van der Waals surface area contributed by atoms with Crippen LogP contribution in [0.3, 0.4) is 0 Å². The summed E-state index contributed by atoms with van der Waals surface area (Å²) in [5, 5.41) is 0. The van der Waals surface area contributed by atoms with Crippen LogP contribution in [0.5, 0.6) is 0 Å². The Morgan fingerprint density at radius 1 is 0.938 bits per heavy atom. The van der Waals surface area contributed by atoms with Gasteiger partial charge >= 0.3 is 104 Å². The van der Waals surface area contributed by atoms with Crippen molar-refractivity contribution >= 4 is 31.7 Å². The van der Waals surface area contributed by atoms with Crippen LogP contribution >= 0.6 is 0 Å². The Morgan fingerprint density at radius 2 is 1.38 bits per heavy atom. The Morgan fingerprint density at radius 3 is 1.69 bits per heavy atom. The van der Waals surface area contributed by atoms with Gasteiger partial charge in [0.05, 0.1) is 0 Å². The first-order chi connectivity index (χ1) is 7.63. The first kappa shape index (κ1) is 15.7. The summed E-state index contributed by atoms with van der Waals surface area (Å²) in [7, 11) is 2.83. The van der Waals surface area contributed by atoms with Crippen LogP contribution in [-0.4, -0.2) is 45.9 Å². The molecule has 0 saturated carbocycles. The fourth-order valence-corrected chi connectivity index (χ4v) is 8.83. The second-order valence-corrected chi connectivity index (χ2v) is 12.2. The molecule has 0 saturated heterocycles. The number of hydrogen-bond acceptors (Lipinski definition) is 4. The molecular weight excluding hydrogens is 315 g/mol. The van der Waals surface area contributed by atoms with Gasteiger partial charge in [0.15, 0.2) is 0 Å². The zero-order valence-corrected chi connectivity index (χ0v) is 13.2. The van der Waals surface area contributed by atoms with Crippen molar-refractivity contribution in [3.63, 3.8) is 0 Å². The molecule has 0 bridgehead atoms. The van der Waals surface area contributed by atoms with E-state index >= 15 is 0 Å². The van der Waals surface area contributed by atoms with Crippen molar-refractivity contribution in [2.45, 2.75) is 39.5 Å². The molecule has 0 aromatic rings. The molecule has 5 heteroatoms. The van der Waals surface area contributed by atoms with Gasteiger partial charge in [-0.2, -0.15) is 0 Å². The number of rotatable bonds is 8. The van der Waals surface area contributed by atoms with Gasteiger partial charge in [-0.1, -0.05) is 0 Å². The van der Waals surface area contributed by atoms with Gasteiger partial charge in [0.2, 0.25) is 0 Å². The number of hydrogen-bond donors (Lipinski definition) is 0. The van der Waals surface area contributed by atoms with Crippen molar-refractivity contribution in [2.75, 3.05) is 14.2 Å². The summed E-state index contributed by atoms with van der Waals surface area (Å²) >= 11 is -1.55. The quantitative estimate of drug-likeness (QED) is 0.503. The molecule has 0 spiro atoms. The number of carbonyl (C=O) groups is 2. The average Bonchev–Trinajstić information content (AvgIpc) is 2.31. The van der Waals surface area contributed by atoms with Crippen molar-refractivity contribution < 1.29 is 19.1 Å². The summed E-state index contributed by atoms with van der Waals surface area (Å²) in [6.45, 7) is 2.15. The molecule has 0 aromatic carbocycles. The Bertz CT molecular complexity index is 198. The van der Waals surface area contributed by atoms with Crippen LogP contribution in [0.1, 0.15) is 26.2 Å². The maximum absolute atomic E-state index is 11.0. The fraction of sp³-hybridized carbons (Fsp3) is 0.818. The van der Waals surface area contributed by atoms with Crippen LogP contribution in [0.2, 0.25) is 13.3 Å². The molecule has 0 radical (unpaired) electrons. The summed E-state index contributed by atoms with van der Waals surface area (Å²) in [6, 6.07) is 0. The summed E-state index contributed by atoms with van der Waals surface area (Å²) in [5.74, 6) is -0.264. The number of ether oxygens (including phenoxy) is 2. The van der Waals surface area contributed by atoms with Gasteiger partial charge in [-0.3, -0.25) is 0 Å². The van der Waals surface area contributed by atoms with Gasteiger partial charge in [-0.25, -0.2) is 0 Å². The van der Waals surface area contributed by atoms with E-state index in [0.717, 1.165) is 15.3 Å². The molecule has 0 aliphatic rings. The SMILES string of the molecule is CC[CH2][Sn+]([CH2]CC(=O)OC)[CH2]CC(=O)OC. The normalized spacial score (nSPS) is 9.69. The topological polar surface area (TPSA) is 52.6 Å². The molecule has 0 amide bonds. The van der Waals surface area contributed by atoms with Gasteiger partial charge < -0.3 is 0 Å². The van der Waals surface area contributed by atoms with Crippen LogP contribution in [0.4, 0.5) is 0 Å². The molecule has 0 fully saturated rings. The number of methoxy groups -OCH3 is 2. The van der Waals surface area contributed by atoms with E-state index in [2.05, 4.69) is 16.4 Å². The minimum atomic E-state index is -1.55. The zero-order chi connectivity index (χ0) is 12.4. The predicted octanol–water partition coefficient (Wildman–Crippen LogP) is 2.02. The summed E-state index contributed by atoms with van der Waals surface area (Å²) in [5.41, 5.74) is 0. The Kier molecular flexibility index (Phi) is 9.77. The van der Waals surface area contributed by atoms with Gasteiger partial charge in [-0.15, -0.1) is 0 Å². The molecule has 4 nitrogen and oxygen atoms in total. The van der Waals surface area contributed by atoms with Crippen LogP contribution in [0.15, 0.2) is 0 Å². The Balaban J connectivity index is 3.87. The molecule has 0 rings (SSSR count). The third kappa shape index (κ3) is 7.96. The van der Waals surface area contributed by atoms with Crippen molar-refractivity contribution in [3.05, 3.63) is 0 Å². The van der Waals surface area contributed by atoms with Crippen molar-refractivity contribution in [1.29, 1.82) is 0 Å². The molecule has 92 valence electrons. The Hall–Kier alpha value is -0.261. The Labute approximate surface area is 104 Å². The number of esters is 2. The van der Waals surface area contributed by atoms with E-state index in [0.29, 0.717) is 12.8 Å². The van der Waals surface area contributed by atoms with Crippen LogP contribution in [0.25, 0.3) is 0 Å². The standard InChI is InChI=1S/2C4H7O2.C3H7.Sn/c2*1-3-4(5)6-2;1-3-2;/h2*1,3H2,2H3;1,3H2,2H3;/q;;;+1. The van der Waals surface area contributed by atoms with Crippen LogP contribution in [0, 0.1) is 0 Å². The molecule has 0 atom stereocenters. The zero-order valence-electron chi connectivity index (χ0n) is 10.4. The third-order valence-corrected chi connectivity index (χ3v) is 11.3. The third-order valence-electron chi connectivity index (χ3n) is 2.42. The monoisotopic (exact) mass is 337 g/mol. The van der Waals surface area contributed by atoms with Gasteiger partial charge in [0.1, 0.15) is 0 Å². The fourth-order valence-electron chi connectivity index (χ4n) is 1.49. The molecule has 0 unspecified atom stereocenters. The van der Waals surface area contributed by atoms with Crippen molar-refractivity contribution in [3.8, 4) is 0 Å². The second-order valence-electron chi connectivity index (χ2n) is 3.65. The van der Waals surface area contributed by atoms with Crippen molar-refractivity contribution in [2.24, 2.45) is 0 Å².